The molecule has 2 aliphatic carbocycles. The van der Waals surface area contributed by atoms with Gasteiger partial charge in [-0.05, 0) is 70.1 Å². The quantitative estimate of drug-likeness (QED) is 0.654. The van der Waals surface area contributed by atoms with Crippen LogP contribution in [0, 0.1) is 11.8 Å². The summed E-state index contributed by atoms with van der Waals surface area (Å²) >= 11 is 0. The van der Waals surface area contributed by atoms with E-state index in [1.54, 1.807) is 0 Å². The van der Waals surface area contributed by atoms with E-state index in [0.29, 0.717) is 0 Å². The Kier molecular flexibility index (Phi) is 7.87. The summed E-state index contributed by atoms with van der Waals surface area (Å²) in [6.45, 7) is 4.94. The molecule has 2 heteroatoms. The number of hydrogen-bond donors (Lipinski definition) is 2. The van der Waals surface area contributed by atoms with E-state index in [1.807, 2.05) is 0 Å². The van der Waals surface area contributed by atoms with Crippen molar-refractivity contribution in [1.82, 2.24) is 10.6 Å². The van der Waals surface area contributed by atoms with Crippen LogP contribution < -0.4 is 10.6 Å². The summed E-state index contributed by atoms with van der Waals surface area (Å²) in [6.07, 6.45) is 16.0. The molecule has 0 spiro atoms. The van der Waals surface area contributed by atoms with Crippen molar-refractivity contribution in [3.63, 3.8) is 0 Å². The van der Waals surface area contributed by atoms with Crippen LogP contribution >= 0.6 is 0 Å². The zero-order valence-electron chi connectivity index (χ0n) is 12.8. The molecule has 0 unspecified atom stereocenters. The Labute approximate surface area is 120 Å². The van der Waals surface area contributed by atoms with Crippen molar-refractivity contribution in [2.45, 2.75) is 70.6 Å². The first-order valence-corrected chi connectivity index (χ1v) is 8.86. The molecule has 0 bridgehead atoms. The van der Waals surface area contributed by atoms with E-state index in [2.05, 4.69) is 10.6 Å². The monoisotopic (exact) mass is 266 g/mol. The molecule has 2 N–H and O–H groups in total. The molecule has 0 saturated heterocycles. The molecule has 0 amide bonds. The number of hydrogen-bond acceptors (Lipinski definition) is 2. The predicted octanol–water partition coefficient (Wildman–Crippen LogP) is 3.72. The van der Waals surface area contributed by atoms with Gasteiger partial charge < -0.3 is 10.6 Å². The second-order valence-corrected chi connectivity index (χ2v) is 6.77. The maximum absolute atomic E-state index is 3.65. The Morgan fingerprint density at radius 3 is 1.42 bits per heavy atom. The van der Waals surface area contributed by atoms with Gasteiger partial charge in [-0.25, -0.2) is 0 Å². The van der Waals surface area contributed by atoms with Crippen molar-refractivity contribution in [3.8, 4) is 0 Å². The first kappa shape index (κ1) is 15.3. The molecule has 0 aromatic carbocycles. The van der Waals surface area contributed by atoms with Crippen molar-refractivity contribution in [3.05, 3.63) is 0 Å². The van der Waals surface area contributed by atoms with Gasteiger partial charge in [-0.3, -0.25) is 0 Å². The molecule has 0 atom stereocenters. The Balaban J connectivity index is 1.35. The fraction of sp³-hybridized carbons (Fsp3) is 1.00. The molecule has 2 aliphatic rings. The standard InChI is InChI=1S/C17H34N2/c1-3-8-16(9-4-1)14-18-12-7-13-19-15-17-10-5-2-6-11-17/h16-19H,1-15H2. The van der Waals surface area contributed by atoms with Gasteiger partial charge in [0.1, 0.15) is 0 Å². The predicted molar refractivity (Wildman–Crippen MR) is 83.5 cm³/mol. The van der Waals surface area contributed by atoms with Crippen LogP contribution in [0.2, 0.25) is 0 Å². The maximum Gasteiger partial charge on any atom is -0.00205 e. The third-order valence-corrected chi connectivity index (χ3v) is 5.02. The number of nitrogens with one attached hydrogen (secondary N) is 2. The normalized spacial score (nSPS) is 22.7. The first-order chi connectivity index (χ1) is 9.45. The van der Waals surface area contributed by atoms with Gasteiger partial charge in [0.15, 0.2) is 0 Å². The van der Waals surface area contributed by atoms with E-state index >= 15 is 0 Å². The summed E-state index contributed by atoms with van der Waals surface area (Å²) in [6, 6.07) is 0. The van der Waals surface area contributed by atoms with E-state index in [4.69, 9.17) is 0 Å². The minimum Gasteiger partial charge on any atom is -0.316 e. The largest absolute Gasteiger partial charge is 0.316 e. The average Bonchev–Trinajstić information content (AvgIpc) is 2.48. The summed E-state index contributed by atoms with van der Waals surface area (Å²) < 4.78 is 0. The molecule has 112 valence electrons. The third-order valence-electron chi connectivity index (χ3n) is 5.02. The molecule has 0 aliphatic heterocycles. The summed E-state index contributed by atoms with van der Waals surface area (Å²) in [4.78, 5) is 0. The zero-order valence-corrected chi connectivity index (χ0v) is 12.8. The Bertz CT molecular complexity index is 183. The van der Waals surface area contributed by atoms with E-state index in [-0.39, 0.29) is 0 Å². The Morgan fingerprint density at radius 2 is 1.00 bits per heavy atom. The van der Waals surface area contributed by atoms with Crippen LogP contribution in [0.1, 0.15) is 70.6 Å². The summed E-state index contributed by atoms with van der Waals surface area (Å²) in [5, 5.41) is 7.31. The van der Waals surface area contributed by atoms with Gasteiger partial charge in [0.25, 0.3) is 0 Å². The summed E-state index contributed by atoms with van der Waals surface area (Å²) in [5.41, 5.74) is 0. The zero-order chi connectivity index (χ0) is 13.2. The fourth-order valence-corrected chi connectivity index (χ4v) is 3.73. The van der Waals surface area contributed by atoms with Gasteiger partial charge in [0, 0.05) is 0 Å². The second kappa shape index (κ2) is 9.77. The lowest BCUT2D eigenvalue weighted by molar-refractivity contribution is 0.334. The van der Waals surface area contributed by atoms with Crippen LogP contribution in [-0.4, -0.2) is 26.2 Å². The topological polar surface area (TPSA) is 24.1 Å². The minimum atomic E-state index is 0.976. The first-order valence-electron chi connectivity index (χ1n) is 8.86. The molecule has 2 saturated carbocycles. The lowest BCUT2D eigenvalue weighted by Crippen LogP contribution is -2.29. The highest BCUT2D eigenvalue weighted by Crippen LogP contribution is 2.23. The molecule has 0 aromatic rings. The van der Waals surface area contributed by atoms with Gasteiger partial charge in [0.05, 0.1) is 0 Å². The molecule has 2 fully saturated rings. The summed E-state index contributed by atoms with van der Waals surface area (Å²) in [5.74, 6) is 1.95. The van der Waals surface area contributed by atoms with Crippen molar-refractivity contribution in [2.24, 2.45) is 11.8 Å². The van der Waals surface area contributed by atoms with Crippen LogP contribution in [-0.2, 0) is 0 Å². The highest BCUT2D eigenvalue weighted by atomic mass is 14.9. The van der Waals surface area contributed by atoms with Gasteiger partial charge >= 0.3 is 0 Å². The van der Waals surface area contributed by atoms with Crippen molar-refractivity contribution in [2.75, 3.05) is 26.2 Å². The fourth-order valence-electron chi connectivity index (χ4n) is 3.73. The van der Waals surface area contributed by atoms with Crippen LogP contribution in [0.25, 0.3) is 0 Å². The molecule has 2 rings (SSSR count). The number of rotatable bonds is 8. The van der Waals surface area contributed by atoms with Crippen molar-refractivity contribution >= 4 is 0 Å². The van der Waals surface area contributed by atoms with Crippen LogP contribution in [0.4, 0.5) is 0 Å². The minimum absolute atomic E-state index is 0.976. The Morgan fingerprint density at radius 1 is 0.579 bits per heavy atom. The van der Waals surface area contributed by atoms with E-state index in [0.717, 1.165) is 11.8 Å². The summed E-state index contributed by atoms with van der Waals surface area (Å²) in [7, 11) is 0. The van der Waals surface area contributed by atoms with Crippen LogP contribution in [0.15, 0.2) is 0 Å². The molecular weight excluding hydrogens is 232 g/mol. The van der Waals surface area contributed by atoms with Crippen molar-refractivity contribution in [1.29, 1.82) is 0 Å². The Hall–Kier alpha value is -0.0800. The van der Waals surface area contributed by atoms with E-state index < -0.39 is 0 Å². The van der Waals surface area contributed by atoms with Crippen LogP contribution in [0.3, 0.4) is 0 Å². The molecule has 0 aromatic heterocycles. The van der Waals surface area contributed by atoms with Gasteiger partial charge in [-0.15, -0.1) is 0 Å². The van der Waals surface area contributed by atoms with E-state index in [9.17, 15) is 0 Å². The highest BCUT2D eigenvalue weighted by molar-refractivity contribution is 4.69. The van der Waals surface area contributed by atoms with Crippen molar-refractivity contribution < 1.29 is 0 Å². The smallest absolute Gasteiger partial charge is 0.00205 e. The molecule has 0 heterocycles. The van der Waals surface area contributed by atoms with Gasteiger partial charge in [0.2, 0.25) is 0 Å². The lowest BCUT2D eigenvalue weighted by atomic mass is 9.89. The van der Waals surface area contributed by atoms with E-state index in [1.165, 1.54) is 96.8 Å². The second-order valence-electron chi connectivity index (χ2n) is 6.77. The molecule has 2 nitrogen and oxygen atoms in total. The van der Waals surface area contributed by atoms with Gasteiger partial charge in [-0.1, -0.05) is 38.5 Å². The highest BCUT2D eigenvalue weighted by Gasteiger charge is 2.13. The SMILES string of the molecule is C1CCC(CNCCCNCC2CCCCC2)CC1. The molecule has 19 heavy (non-hydrogen) atoms. The molecule has 0 radical (unpaired) electrons. The maximum atomic E-state index is 3.65. The van der Waals surface area contributed by atoms with Crippen LogP contribution in [0.5, 0.6) is 0 Å². The average molecular weight is 266 g/mol. The molecular formula is C17H34N2. The lowest BCUT2D eigenvalue weighted by Gasteiger charge is -2.22. The third kappa shape index (κ3) is 6.76. The van der Waals surface area contributed by atoms with Gasteiger partial charge in [-0.2, -0.15) is 0 Å².